The summed E-state index contributed by atoms with van der Waals surface area (Å²) in [6.45, 7) is 6.73. The molecule has 2 heterocycles. The molecule has 168 valence electrons. The van der Waals surface area contributed by atoms with Gasteiger partial charge in [0.05, 0.1) is 5.92 Å². The first-order chi connectivity index (χ1) is 14.7. The van der Waals surface area contributed by atoms with E-state index in [4.69, 9.17) is 22.1 Å². The molecule has 0 aliphatic carbocycles. The first kappa shape index (κ1) is 22.9. The minimum Gasteiger partial charge on any atom is -0.492 e. The molecule has 1 aromatic carbocycles. The number of carbonyl (C=O) groups excluding carboxylic acids is 1. The van der Waals surface area contributed by atoms with E-state index < -0.39 is 17.2 Å². The summed E-state index contributed by atoms with van der Waals surface area (Å²) in [5.41, 5.74) is 5.90. The SMILES string of the molecule is CCCCN(C(=O)C1COc2ccc(Cl)cc2C1)c1c(N)n(CC(C)C)c(=O)[nH]c1=O. The summed E-state index contributed by atoms with van der Waals surface area (Å²) in [5.74, 6) is 0.0909. The minimum atomic E-state index is -0.660. The summed E-state index contributed by atoms with van der Waals surface area (Å²) in [7, 11) is 0. The Kier molecular flexibility index (Phi) is 7.10. The van der Waals surface area contributed by atoms with E-state index in [0.717, 1.165) is 12.0 Å². The number of aromatic amines is 1. The second-order valence-electron chi connectivity index (χ2n) is 8.31. The van der Waals surface area contributed by atoms with Crippen LogP contribution >= 0.6 is 11.6 Å². The quantitative estimate of drug-likeness (QED) is 0.676. The van der Waals surface area contributed by atoms with Crippen molar-refractivity contribution in [1.82, 2.24) is 9.55 Å². The largest absolute Gasteiger partial charge is 0.492 e. The average molecular weight is 449 g/mol. The van der Waals surface area contributed by atoms with E-state index in [9.17, 15) is 14.4 Å². The van der Waals surface area contributed by atoms with Crippen LogP contribution in [0, 0.1) is 11.8 Å². The van der Waals surface area contributed by atoms with Crippen LogP contribution in [0.1, 0.15) is 39.2 Å². The standard InChI is InChI=1S/C22H29ClN4O4/c1-4-5-8-26(18-19(24)27(11-13(2)3)22(30)25-20(18)28)21(29)15-9-14-10-16(23)6-7-17(14)31-12-15/h6-7,10,13,15H,4-5,8-9,11-12,24H2,1-3H3,(H,25,28,30). The number of halogens is 1. The van der Waals surface area contributed by atoms with E-state index in [0.29, 0.717) is 36.7 Å². The molecule has 1 amide bonds. The number of nitrogens with zero attached hydrogens (tertiary/aromatic N) is 2. The number of nitrogen functional groups attached to an aromatic ring is 1. The summed E-state index contributed by atoms with van der Waals surface area (Å²) in [4.78, 5) is 42.3. The summed E-state index contributed by atoms with van der Waals surface area (Å²) < 4.78 is 7.10. The molecule has 0 saturated heterocycles. The van der Waals surface area contributed by atoms with Gasteiger partial charge in [-0.25, -0.2) is 4.79 Å². The lowest BCUT2D eigenvalue weighted by Gasteiger charge is -2.31. The van der Waals surface area contributed by atoms with Gasteiger partial charge in [0.1, 0.15) is 18.2 Å². The average Bonchev–Trinajstić information content (AvgIpc) is 2.72. The van der Waals surface area contributed by atoms with Crippen molar-refractivity contribution < 1.29 is 9.53 Å². The molecule has 2 aromatic rings. The maximum Gasteiger partial charge on any atom is 0.330 e. The topological polar surface area (TPSA) is 110 Å². The third kappa shape index (κ3) is 4.95. The molecule has 0 bridgehead atoms. The number of amides is 1. The summed E-state index contributed by atoms with van der Waals surface area (Å²) in [6, 6.07) is 5.32. The van der Waals surface area contributed by atoms with Crippen molar-refractivity contribution in [3.63, 3.8) is 0 Å². The summed E-state index contributed by atoms with van der Waals surface area (Å²) in [6.07, 6.45) is 1.96. The van der Waals surface area contributed by atoms with Crippen LogP contribution < -0.4 is 26.6 Å². The molecule has 1 atom stereocenters. The Morgan fingerprint density at radius 1 is 1.39 bits per heavy atom. The predicted molar refractivity (Wildman–Crippen MR) is 122 cm³/mol. The molecule has 0 radical (unpaired) electrons. The van der Waals surface area contributed by atoms with Crippen molar-refractivity contribution in [1.29, 1.82) is 0 Å². The lowest BCUT2D eigenvalue weighted by atomic mass is 9.95. The monoisotopic (exact) mass is 448 g/mol. The molecule has 0 saturated carbocycles. The highest BCUT2D eigenvalue weighted by molar-refractivity contribution is 6.30. The molecule has 1 unspecified atom stereocenters. The Morgan fingerprint density at radius 3 is 2.81 bits per heavy atom. The molecule has 8 nitrogen and oxygen atoms in total. The van der Waals surface area contributed by atoms with Crippen LogP contribution in [0.25, 0.3) is 0 Å². The Labute approximate surface area is 186 Å². The predicted octanol–water partition coefficient (Wildman–Crippen LogP) is 2.81. The van der Waals surface area contributed by atoms with Gasteiger partial charge in [-0.3, -0.25) is 19.1 Å². The van der Waals surface area contributed by atoms with Gasteiger partial charge in [-0.15, -0.1) is 0 Å². The molecule has 31 heavy (non-hydrogen) atoms. The van der Waals surface area contributed by atoms with Crippen LogP contribution in [-0.2, 0) is 17.8 Å². The van der Waals surface area contributed by atoms with Gasteiger partial charge in [0, 0.05) is 18.1 Å². The van der Waals surface area contributed by atoms with E-state index in [2.05, 4.69) is 4.98 Å². The van der Waals surface area contributed by atoms with Crippen LogP contribution in [0.5, 0.6) is 5.75 Å². The highest BCUT2D eigenvalue weighted by atomic mass is 35.5. The van der Waals surface area contributed by atoms with E-state index in [1.165, 1.54) is 9.47 Å². The Balaban J connectivity index is 2.00. The summed E-state index contributed by atoms with van der Waals surface area (Å²) >= 11 is 6.10. The maximum atomic E-state index is 13.5. The van der Waals surface area contributed by atoms with Gasteiger partial charge in [-0.1, -0.05) is 38.8 Å². The van der Waals surface area contributed by atoms with Crippen molar-refractivity contribution >= 4 is 29.0 Å². The van der Waals surface area contributed by atoms with Gasteiger partial charge >= 0.3 is 5.69 Å². The van der Waals surface area contributed by atoms with E-state index in [1.807, 2.05) is 20.8 Å². The number of H-pyrrole nitrogens is 1. The maximum absolute atomic E-state index is 13.5. The number of aromatic nitrogens is 2. The number of nitrogens with one attached hydrogen (secondary N) is 1. The van der Waals surface area contributed by atoms with E-state index >= 15 is 0 Å². The van der Waals surface area contributed by atoms with Gasteiger partial charge < -0.3 is 15.4 Å². The molecular weight excluding hydrogens is 420 g/mol. The summed E-state index contributed by atoms with van der Waals surface area (Å²) in [5, 5.41) is 0.569. The second-order valence-corrected chi connectivity index (χ2v) is 8.74. The van der Waals surface area contributed by atoms with Gasteiger partial charge in [0.2, 0.25) is 5.91 Å². The fourth-order valence-electron chi connectivity index (χ4n) is 3.78. The number of unbranched alkanes of at least 4 members (excludes halogenated alkanes) is 1. The fraction of sp³-hybridized carbons (Fsp3) is 0.500. The highest BCUT2D eigenvalue weighted by Crippen LogP contribution is 2.31. The molecule has 3 N–H and O–H groups in total. The van der Waals surface area contributed by atoms with Crippen molar-refractivity contribution in [3.05, 3.63) is 49.6 Å². The minimum absolute atomic E-state index is 0.00655. The van der Waals surface area contributed by atoms with E-state index in [-0.39, 0.29) is 29.9 Å². The van der Waals surface area contributed by atoms with Crippen molar-refractivity contribution in [2.24, 2.45) is 11.8 Å². The molecule has 1 aliphatic heterocycles. The number of hydrogen-bond acceptors (Lipinski definition) is 5. The number of nitrogens with two attached hydrogens (primary N) is 1. The molecule has 9 heteroatoms. The van der Waals surface area contributed by atoms with Crippen molar-refractivity contribution in [3.8, 4) is 5.75 Å². The fourth-order valence-corrected chi connectivity index (χ4v) is 3.97. The zero-order chi connectivity index (χ0) is 22.7. The molecule has 1 aliphatic rings. The van der Waals surface area contributed by atoms with Crippen LogP contribution in [0.2, 0.25) is 5.02 Å². The Bertz CT molecular complexity index is 1080. The Hall–Kier alpha value is -2.74. The number of hydrogen-bond donors (Lipinski definition) is 2. The third-order valence-electron chi connectivity index (χ3n) is 5.31. The Morgan fingerprint density at radius 2 is 2.13 bits per heavy atom. The lowest BCUT2D eigenvalue weighted by Crippen LogP contribution is -2.46. The van der Waals surface area contributed by atoms with Crippen molar-refractivity contribution in [2.45, 2.75) is 46.6 Å². The van der Waals surface area contributed by atoms with Crippen molar-refractivity contribution in [2.75, 3.05) is 23.8 Å². The number of anilines is 2. The van der Waals surface area contributed by atoms with Gasteiger partial charge in [0.25, 0.3) is 5.56 Å². The number of fused-ring (bicyclic) bond motifs is 1. The van der Waals surface area contributed by atoms with Crippen LogP contribution in [-0.4, -0.2) is 28.6 Å². The van der Waals surface area contributed by atoms with Crippen LogP contribution in [0.4, 0.5) is 11.5 Å². The first-order valence-corrected chi connectivity index (χ1v) is 11.0. The molecule has 0 spiro atoms. The van der Waals surface area contributed by atoms with Crippen LogP contribution in [0.3, 0.4) is 0 Å². The highest BCUT2D eigenvalue weighted by Gasteiger charge is 2.33. The molecule has 0 fully saturated rings. The van der Waals surface area contributed by atoms with Gasteiger partial charge in [-0.2, -0.15) is 0 Å². The molecular formula is C22H29ClN4O4. The van der Waals surface area contributed by atoms with E-state index in [1.54, 1.807) is 18.2 Å². The number of ether oxygens (including phenoxy) is 1. The lowest BCUT2D eigenvalue weighted by molar-refractivity contribution is -0.123. The third-order valence-corrected chi connectivity index (χ3v) is 5.55. The zero-order valence-corrected chi connectivity index (χ0v) is 18.9. The smallest absolute Gasteiger partial charge is 0.330 e. The number of carbonyl (C=O) groups is 1. The molecule has 1 aromatic heterocycles. The van der Waals surface area contributed by atoms with Gasteiger partial charge in [0.15, 0.2) is 5.69 Å². The zero-order valence-electron chi connectivity index (χ0n) is 18.1. The van der Waals surface area contributed by atoms with Gasteiger partial charge in [-0.05, 0) is 42.5 Å². The number of rotatable bonds is 7. The first-order valence-electron chi connectivity index (χ1n) is 10.6. The number of benzene rings is 1. The van der Waals surface area contributed by atoms with Crippen LogP contribution in [0.15, 0.2) is 27.8 Å². The normalized spacial score (nSPS) is 15.5. The second kappa shape index (κ2) is 9.60. The molecule has 3 rings (SSSR count).